The topological polar surface area (TPSA) is 52.6 Å². The molecular formula is C15H20O4S6. The van der Waals surface area contributed by atoms with Gasteiger partial charge in [0.05, 0.1) is 36.3 Å². The highest BCUT2D eigenvalue weighted by molar-refractivity contribution is 8.86. The standard InChI is InChI=1S/C15H20O4S6/c1-9(2)18-20-14(16)24-22-12-6-7-13(11(5)8-12)23-25-15(17)21-19-10(3)4/h6-10H,1-5H3. The Morgan fingerprint density at radius 3 is 1.88 bits per heavy atom. The molecule has 0 aliphatic rings. The van der Waals surface area contributed by atoms with E-state index in [9.17, 15) is 9.59 Å². The van der Waals surface area contributed by atoms with Crippen LogP contribution in [0.3, 0.4) is 0 Å². The molecule has 140 valence electrons. The van der Waals surface area contributed by atoms with Crippen molar-refractivity contribution in [2.24, 2.45) is 0 Å². The van der Waals surface area contributed by atoms with Crippen LogP contribution < -0.4 is 0 Å². The lowest BCUT2D eigenvalue weighted by Gasteiger charge is -2.07. The fraction of sp³-hybridized carbons (Fsp3) is 0.467. The first-order chi connectivity index (χ1) is 11.8. The first-order valence-corrected chi connectivity index (χ1v) is 13.1. The summed E-state index contributed by atoms with van der Waals surface area (Å²) in [5.41, 5.74) is 1.06. The zero-order valence-corrected chi connectivity index (χ0v) is 19.4. The van der Waals surface area contributed by atoms with Crippen molar-refractivity contribution in [2.45, 2.75) is 56.6 Å². The van der Waals surface area contributed by atoms with Gasteiger partial charge in [0.25, 0.3) is 8.89 Å². The van der Waals surface area contributed by atoms with Crippen LogP contribution in [-0.2, 0) is 8.37 Å². The van der Waals surface area contributed by atoms with Gasteiger partial charge in [-0.3, -0.25) is 9.59 Å². The lowest BCUT2D eigenvalue weighted by atomic mass is 10.2. The second-order valence-electron chi connectivity index (χ2n) is 5.22. The predicted octanol–water partition coefficient (Wildman–Crippen LogP) is 7.86. The quantitative estimate of drug-likeness (QED) is 0.285. The predicted molar refractivity (Wildman–Crippen MR) is 116 cm³/mol. The van der Waals surface area contributed by atoms with Crippen LogP contribution in [-0.4, -0.2) is 21.1 Å². The molecule has 1 aromatic rings. The van der Waals surface area contributed by atoms with E-state index >= 15 is 0 Å². The Labute approximate surface area is 173 Å². The third kappa shape index (κ3) is 11.1. The second kappa shape index (κ2) is 12.9. The van der Waals surface area contributed by atoms with Crippen molar-refractivity contribution in [1.29, 1.82) is 0 Å². The number of hydrogen-bond donors (Lipinski definition) is 0. The molecule has 0 saturated carbocycles. The van der Waals surface area contributed by atoms with Crippen LogP contribution in [0.1, 0.15) is 33.3 Å². The number of hydrogen-bond acceptors (Lipinski definition) is 10. The van der Waals surface area contributed by atoms with E-state index in [0.717, 1.165) is 61.0 Å². The highest BCUT2D eigenvalue weighted by Gasteiger charge is 2.11. The summed E-state index contributed by atoms with van der Waals surface area (Å²) < 4.78 is 10.3. The van der Waals surface area contributed by atoms with Crippen LogP contribution in [0.15, 0.2) is 28.0 Å². The molecule has 0 aliphatic carbocycles. The SMILES string of the molecule is Cc1cc(SSC(=O)SOC(C)C)ccc1SSC(=O)SOC(C)C. The number of benzene rings is 1. The minimum Gasteiger partial charge on any atom is -0.305 e. The molecule has 0 fully saturated rings. The Morgan fingerprint density at radius 2 is 1.40 bits per heavy atom. The number of carbonyl (C=O) groups excluding carboxylic acids is 2. The van der Waals surface area contributed by atoms with Crippen LogP contribution in [0.2, 0.25) is 0 Å². The van der Waals surface area contributed by atoms with E-state index in [1.54, 1.807) is 0 Å². The summed E-state index contributed by atoms with van der Waals surface area (Å²) in [6, 6.07) is 5.90. The van der Waals surface area contributed by atoms with Gasteiger partial charge in [0.1, 0.15) is 0 Å². The molecule has 1 aromatic carbocycles. The molecule has 25 heavy (non-hydrogen) atoms. The third-order valence-corrected chi connectivity index (χ3v) is 8.99. The Morgan fingerprint density at radius 1 is 0.880 bits per heavy atom. The largest absolute Gasteiger partial charge is 0.305 e. The number of carbonyl (C=O) groups is 2. The summed E-state index contributed by atoms with van der Waals surface area (Å²) in [5.74, 6) is 0. The Balaban J connectivity index is 2.43. The van der Waals surface area contributed by atoms with Crippen LogP contribution in [0.25, 0.3) is 0 Å². The van der Waals surface area contributed by atoms with Crippen LogP contribution in [0.5, 0.6) is 0 Å². The molecular weight excluding hydrogens is 437 g/mol. The molecule has 0 radical (unpaired) electrons. The number of rotatable bonds is 8. The zero-order valence-electron chi connectivity index (χ0n) is 14.5. The van der Waals surface area contributed by atoms with E-state index in [1.807, 2.05) is 52.8 Å². The van der Waals surface area contributed by atoms with Gasteiger partial charge in [-0.1, -0.05) is 0 Å². The highest BCUT2D eigenvalue weighted by Crippen LogP contribution is 2.41. The summed E-state index contributed by atoms with van der Waals surface area (Å²) in [6.45, 7) is 9.52. The summed E-state index contributed by atoms with van der Waals surface area (Å²) in [5, 5.41) is 0. The summed E-state index contributed by atoms with van der Waals surface area (Å²) >= 11 is 1.75. The molecule has 0 amide bonds. The monoisotopic (exact) mass is 456 g/mol. The van der Waals surface area contributed by atoms with Gasteiger partial charge in [0.2, 0.25) is 0 Å². The van der Waals surface area contributed by atoms with Crippen molar-refractivity contribution >= 4 is 76.2 Å². The van der Waals surface area contributed by atoms with Gasteiger partial charge in [0.15, 0.2) is 0 Å². The molecule has 0 N–H and O–H groups in total. The maximum absolute atomic E-state index is 11.7. The minimum atomic E-state index is -0.0851. The van der Waals surface area contributed by atoms with Crippen molar-refractivity contribution in [1.82, 2.24) is 0 Å². The van der Waals surface area contributed by atoms with Crippen molar-refractivity contribution in [2.75, 3.05) is 0 Å². The van der Waals surface area contributed by atoms with Gasteiger partial charge in [-0.2, -0.15) is 0 Å². The fourth-order valence-corrected chi connectivity index (χ4v) is 6.16. The molecule has 0 spiro atoms. The average molecular weight is 457 g/mol. The summed E-state index contributed by atoms with van der Waals surface area (Å²) in [6.07, 6.45) is 0.0318. The molecule has 4 nitrogen and oxygen atoms in total. The molecule has 0 unspecified atom stereocenters. The zero-order chi connectivity index (χ0) is 18.8. The molecule has 0 atom stereocenters. The minimum absolute atomic E-state index is 0.0157. The smallest absolute Gasteiger partial charge is 0.283 e. The second-order valence-corrected chi connectivity index (χ2v) is 11.5. The van der Waals surface area contributed by atoms with E-state index in [2.05, 4.69) is 0 Å². The fourth-order valence-electron chi connectivity index (χ4n) is 1.23. The Hall–Kier alpha value is 0.580. The van der Waals surface area contributed by atoms with Gasteiger partial charge in [-0.15, -0.1) is 0 Å². The first kappa shape index (κ1) is 23.6. The summed E-state index contributed by atoms with van der Waals surface area (Å²) in [4.78, 5) is 25.4. The van der Waals surface area contributed by atoms with Gasteiger partial charge >= 0.3 is 0 Å². The maximum Gasteiger partial charge on any atom is 0.283 e. The third-order valence-electron chi connectivity index (χ3n) is 2.17. The lowest BCUT2D eigenvalue weighted by Crippen LogP contribution is -1.96. The molecule has 0 heterocycles. The van der Waals surface area contributed by atoms with Crippen LogP contribution in [0.4, 0.5) is 9.59 Å². The van der Waals surface area contributed by atoms with Gasteiger partial charge in [0, 0.05) is 31.4 Å². The average Bonchev–Trinajstić information content (AvgIpc) is 2.55. The van der Waals surface area contributed by atoms with Crippen LogP contribution in [0, 0.1) is 6.92 Å². The highest BCUT2D eigenvalue weighted by atomic mass is 33.1. The van der Waals surface area contributed by atoms with E-state index in [4.69, 9.17) is 8.37 Å². The lowest BCUT2D eigenvalue weighted by molar-refractivity contribution is 0.266. The normalized spacial score (nSPS) is 11.3. The van der Waals surface area contributed by atoms with E-state index in [0.29, 0.717) is 0 Å². The molecule has 1 rings (SSSR count). The molecule has 0 saturated heterocycles. The van der Waals surface area contributed by atoms with E-state index in [1.165, 1.54) is 21.6 Å². The van der Waals surface area contributed by atoms with Gasteiger partial charge < -0.3 is 8.37 Å². The summed E-state index contributed by atoms with van der Waals surface area (Å²) in [7, 11) is 5.10. The Bertz CT molecular complexity index is 579. The van der Waals surface area contributed by atoms with Crippen molar-refractivity contribution in [3.05, 3.63) is 23.8 Å². The molecule has 0 aromatic heterocycles. The Kier molecular flexibility index (Phi) is 12.2. The van der Waals surface area contributed by atoms with E-state index in [-0.39, 0.29) is 21.1 Å². The van der Waals surface area contributed by atoms with Gasteiger partial charge in [-0.25, -0.2) is 0 Å². The maximum atomic E-state index is 11.7. The van der Waals surface area contributed by atoms with E-state index < -0.39 is 0 Å². The van der Waals surface area contributed by atoms with Gasteiger partial charge in [-0.05, 0) is 80.0 Å². The van der Waals surface area contributed by atoms with Crippen molar-refractivity contribution in [3.63, 3.8) is 0 Å². The number of aryl methyl sites for hydroxylation is 1. The van der Waals surface area contributed by atoms with Crippen molar-refractivity contribution < 1.29 is 18.0 Å². The molecule has 0 aliphatic heterocycles. The molecule has 10 heteroatoms. The first-order valence-electron chi connectivity index (χ1n) is 7.32. The van der Waals surface area contributed by atoms with Crippen molar-refractivity contribution in [3.8, 4) is 0 Å². The van der Waals surface area contributed by atoms with Crippen LogP contribution >= 0.6 is 67.3 Å². The molecule has 0 bridgehead atoms.